The second kappa shape index (κ2) is 11.2. The molecule has 0 aromatic heterocycles. The van der Waals surface area contributed by atoms with Crippen molar-refractivity contribution in [1.29, 1.82) is 0 Å². The van der Waals surface area contributed by atoms with Crippen LogP contribution in [0, 0.1) is 0 Å². The molecule has 168 valence electrons. The van der Waals surface area contributed by atoms with Gasteiger partial charge in [-0.15, -0.1) is 11.8 Å². The van der Waals surface area contributed by atoms with Crippen LogP contribution in [0.4, 0.5) is 5.69 Å². The molecule has 2 amide bonds. The van der Waals surface area contributed by atoms with Crippen molar-refractivity contribution in [3.8, 4) is 0 Å². The van der Waals surface area contributed by atoms with E-state index in [9.17, 15) is 19.2 Å². The molecule has 1 aliphatic rings. The summed E-state index contributed by atoms with van der Waals surface area (Å²) in [7, 11) is 0. The molecule has 0 saturated heterocycles. The number of nitrogens with zero attached hydrogens (tertiary/aromatic N) is 1. The van der Waals surface area contributed by atoms with Gasteiger partial charge in [0.15, 0.2) is 5.12 Å². The molecule has 7 nitrogen and oxygen atoms in total. The van der Waals surface area contributed by atoms with Crippen molar-refractivity contribution in [3.05, 3.63) is 60.2 Å². The molecule has 9 heteroatoms. The molecule has 2 aromatic carbocycles. The first-order valence-corrected chi connectivity index (χ1v) is 12.0. The zero-order valence-electron chi connectivity index (χ0n) is 17.5. The summed E-state index contributed by atoms with van der Waals surface area (Å²) in [6.07, 6.45) is 0.149. The fourth-order valence-corrected chi connectivity index (χ4v) is 5.30. The molecule has 0 radical (unpaired) electrons. The van der Waals surface area contributed by atoms with Gasteiger partial charge in [-0.2, -0.15) is 0 Å². The van der Waals surface area contributed by atoms with Gasteiger partial charge in [0.25, 0.3) is 0 Å². The van der Waals surface area contributed by atoms with Crippen LogP contribution < -0.4 is 10.2 Å². The summed E-state index contributed by atoms with van der Waals surface area (Å²) in [6.45, 7) is 1.42. The highest BCUT2D eigenvalue weighted by atomic mass is 32.2. The van der Waals surface area contributed by atoms with Crippen LogP contribution in [0.1, 0.15) is 18.9 Å². The first kappa shape index (κ1) is 23.9. The molecule has 1 aliphatic heterocycles. The third-order valence-electron chi connectivity index (χ3n) is 4.86. The van der Waals surface area contributed by atoms with Gasteiger partial charge in [0.2, 0.25) is 11.8 Å². The van der Waals surface area contributed by atoms with Crippen molar-refractivity contribution in [2.45, 2.75) is 36.0 Å². The number of nitrogens with one attached hydrogen (secondary N) is 1. The largest absolute Gasteiger partial charge is 0.481 e. The van der Waals surface area contributed by atoms with E-state index in [2.05, 4.69) is 5.32 Å². The van der Waals surface area contributed by atoms with Gasteiger partial charge in [-0.3, -0.25) is 19.2 Å². The third-order valence-corrected chi connectivity index (χ3v) is 7.01. The van der Waals surface area contributed by atoms with Crippen LogP contribution >= 0.6 is 23.5 Å². The predicted octanol–water partition coefficient (Wildman–Crippen LogP) is 2.98. The Bertz CT molecular complexity index is 999. The van der Waals surface area contributed by atoms with Gasteiger partial charge in [-0.1, -0.05) is 54.2 Å². The Morgan fingerprint density at radius 2 is 1.84 bits per heavy atom. The van der Waals surface area contributed by atoms with Gasteiger partial charge in [0.05, 0.1) is 17.4 Å². The van der Waals surface area contributed by atoms with E-state index < -0.39 is 23.2 Å². The van der Waals surface area contributed by atoms with E-state index in [-0.39, 0.29) is 24.0 Å². The number of hydrogen-bond donors (Lipinski definition) is 2. The van der Waals surface area contributed by atoms with Crippen LogP contribution in [-0.4, -0.2) is 51.6 Å². The Morgan fingerprint density at radius 3 is 2.53 bits per heavy atom. The first-order chi connectivity index (χ1) is 15.3. The number of para-hydroxylation sites is 1. The molecule has 32 heavy (non-hydrogen) atoms. The maximum atomic E-state index is 13.3. The quantitative estimate of drug-likeness (QED) is 0.609. The second-order valence-electron chi connectivity index (χ2n) is 7.26. The minimum atomic E-state index is -1.01. The van der Waals surface area contributed by atoms with Crippen molar-refractivity contribution in [3.63, 3.8) is 0 Å². The highest BCUT2D eigenvalue weighted by Crippen LogP contribution is 2.34. The topological polar surface area (TPSA) is 104 Å². The van der Waals surface area contributed by atoms with Gasteiger partial charge >= 0.3 is 5.97 Å². The second-order valence-corrected chi connectivity index (χ2v) is 9.70. The highest BCUT2D eigenvalue weighted by molar-refractivity contribution is 8.14. The van der Waals surface area contributed by atoms with Crippen molar-refractivity contribution in [1.82, 2.24) is 5.32 Å². The Hall–Kier alpha value is -2.78. The summed E-state index contributed by atoms with van der Waals surface area (Å²) in [6, 6.07) is 15.8. The van der Waals surface area contributed by atoms with E-state index in [1.165, 1.54) is 23.6 Å². The number of carbonyl (C=O) groups is 4. The lowest BCUT2D eigenvalue weighted by Gasteiger charge is -2.26. The molecular weight excluding hydrogens is 448 g/mol. The number of carboxylic acid groups (broad SMARTS) is 1. The maximum absolute atomic E-state index is 13.3. The number of carbonyl (C=O) groups excluding carboxylic acids is 3. The number of aliphatic carboxylic acids is 1. The van der Waals surface area contributed by atoms with E-state index in [1.807, 2.05) is 42.5 Å². The third kappa shape index (κ3) is 6.37. The number of fused-ring (bicyclic) bond motifs is 1. The Kier molecular flexibility index (Phi) is 8.35. The van der Waals surface area contributed by atoms with Crippen LogP contribution in [0.25, 0.3) is 0 Å². The average molecular weight is 473 g/mol. The minimum absolute atomic E-state index is 0.00769. The lowest BCUT2D eigenvalue weighted by atomic mass is 10.1. The van der Waals surface area contributed by atoms with Crippen molar-refractivity contribution < 1.29 is 24.3 Å². The smallest absolute Gasteiger partial charge is 0.305 e. The molecule has 0 unspecified atom stereocenters. The van der Waals surface area contributed by atoms with E-state index in [0.29, 0.717) is 17.9 Å². The molecule has 0 saturated carbocycles. The molecule has 3 rings (SSSR count). The zero-order valence-corrected chi connectivity index (χ0v) is 19.2. The number of carboxylic acids is 1. The normalized spacial score (nSPS) is 16.6. The van der Waals surface area contributed by atoms with E-state index >= 15 is 0 Å². The van der Waals surface area contributed by atoms with Gasteiger partial charge in [-0.05, 0) is 24.1 Å². The number of hydrogen-bond acceptors (Lipinski definition) is 6. The highest BCUT2D eigenvalue weighted by Gasteiger charge is 2.34. The summed E-state index contributed by atoms with van der Waals surface area (Å²) < 4.78 is 0. The van der Waals surface area contributed by atoms with Crippen LogP contribution in [0.15, 0.2) is 59.5 Å². The lowest BCUT2D eigenvalue weighted by molar-refractivity contribution is -0.137. The zero-order chi connectivity index (χ0) is 23.1. The SMILES string of the molecule is CC(=O)S[C@@H](Cc1ccccc1)C(=O)N[C@@H]1CSc2ccccc2N(CCC(=O)O)C1=O. The summed E-state index contributed by atoms with van der Waals surface area (Å²) >= 11 is 2.37. The van der Waals surface area contributed by atoms with Crippen LogP contribution in [0.5, 0.6) is 0 Å². The predicted molar refractivity (Wildman–Crippen MR) is 126 cm³/mol. The van der Waals surface area contributed by atoms with Gasteiger partial charge < -0.3 is 15.3 Å². The molecule has 0 aliphatic carbocycles. The number of rotatable bonds is 8. The Morgan fingerprint density at radius 1 is 1.16 bits per heavy atom. The standard InChI is InChI=1S/C23H24N2O5S2/c1-15(26)32-20(13-16-7-3-2-4-8-16)22(29)24-17-14-31-19-10-6-5-9-18(19)25(23(17)30)12-11-21(27)28/h2-10,17,20H,11-14H2,1H3,(H,24,29)(H,27,28)/t17-,20+/m1/s1. The summed E-state index contributed by atoms with van der Waals surface area (Å²) in [4.78, 5) is 51.5. The van der Waals surface area contributed by atoms with Crippen molar-refractivity contribution >= 4 is 52.1 Å². The lowest BCUT2D eigenvalue weighted by Crippen LogP contribution is -2.52. The number of thioether (sulfide) groups is 2. The maximum Gasteiger partial charge on any atom is 0.305 e. The molecule has 1 heterocycles. The molecule has 0 fully saturated rings. The summed E-state index contributed by atoms with van der Waals surface area (Å²) in [5.74, 6) is -1.44. The number of anilines is 1. The summed E-state index contributed by atoms with van der Waals surface area (Å²) in [5.41, 5.74) is 1.55. The van der Waals surface area contributed by atoms with Gasteiger partial charge in [-0.25, -0.2) is 0 Å². The fraction of sp³-hybridized carbons (Fsp3) is 0.304. The Labute approximate surface area is 194 Å². The van der Waals surface area contributed by atoms with E-state index in [4.69, 9.17) is 5.11 Å². The number of benzene rings is 2. The summed E-state index contributed by atoms with van der Waals surface area (Å²) in [5, 5.41) is 11.1. The number of amides is 2. The molecule has 0 spiro atoms. The van der Waals surface area contributed by atoms with Gasteiger partial charge in [0.1, 0.15) is 6.04 Å². The van der Waals surface area contributed by atoms with Crippen LogP contribution in [0.3, 0.4) is 0 Å². The fourth-order valence-electron chi connectivity index (χ4n) is 3.38. The Balaban J connectivity index is 1.79. The molecule has 2 aromatic rings. The molecule has 2 atom stereocenters. The first-order valence-electron chi connectivity index (χ1n) is 10.1. The van der Waals surface area contributed by atoms with Gasteiger partial charge in [0, 0.05) is 24.1 Å². The minimum Gasteiger partial charge on any atom is -0.481 e. The average Bonchev–Trinajstić information content (AvgIpc) is 2.89. The van der Waals surface area contributed by atoms with Crippen molar-refractivity contribution in [2.24, 2.45) is 0 Å². The van der Waals surface area contributed by atoms with E-state index in [0.717, 1.165) is 22.2 Å². The molecular formula is C23H24N2O5S2. The monoisotopic (exact) mass is 472 g/mol. The molecule has 2 N–H and O–H groups in total. The molecule has 0 bridgehead atoms. The van der Waals surface area contributed by atoms with Crippen LogP contribution in [-0.2, 0) is 25.6 Å². The van der Waals surface area contributed by atoms with Crippen molar-refractivity contribution in [2.75, 3.05) is 17.2 Å². The van der Waals surface area contributed by atoms with Crippen LogP contribution in [0.2, 0.25) is 0 Å². The van der Waals surface area contributed by atoms with E-state index in [1.54, 1.807) is 12.1 Å².